The van der Waals surface area contributed by atoms with Crippen molar-refractivity contribution in [2.75, 3.05) is 0 Å². The van der Waals surface area contributed by atoms with E-state index in [0.717, 1.165) is 11.1 Å². The summed E-state index contributed by atoms with van der Waals surface area (Å²) in [6, 6.07) is 17.5. The van der Waals surface area contributed by atoms with Crippen molar-refractivity contribution in [1.29, 1.82) is 0 Å². The zero-order valence-electron chi connectivity index (χ0n) is 15.7. The minimum atomic E-state index is -0.00158. The third kappa shape index (κ3) is 4.39. The van der Waals surface area contributed by atoms with Crippen molar-refractivity contribution < 1.29 is 4.79 Å². The standard InChI is InChI=1S/C21H22ClN5O/c1-15(17-10-11-17)26(13-16-6-3-2-4-7-16)20(28)14-27-24-21(23-25-27)18-8-5-9-19(22)12-18/h2-9,12,15,17H,10-11,13-14H2,1H3/t15-/m1/s1. The number of aromatic nitrogens is 4. The fraction of sp³-hybridized carbons (Fsp3) is 0.333. The first-order chi connectivity index (χ1) is 13.6. The zero-order valence-corrected chi connectivity index (χ0v) is 16.5. The highest BCUT2D eigenvalue weighted by Gasteiger charge is 2.34. The van der Waals surface area contributed by atoms with Gasteiger partial charge >= 0.3 is 0 Å². The molecule has 1 saturated carbocycles. The van der Waals surface area contributed by atoms with Gasteiger partial charge < -0.3 is 4.90 Å². The van der Waals surface area contributed by atoms with Gasteiger partial charge in [0, 0.05) is 23.2 Å². The van der Waals surface area contributed by atoms with Crippen LogP contribution in [0, 0.1) is 5.92 Å². The molecule has 1 aliphatic carbocycles. The first-order valence-corrected chi connectivity index (χ1v) is 9.85. The Labute approximate surface area is 169 Å². The highest BCUT2D eigenvalue weighted by molar-refractivity contribution is 6.30. The van der Waals surface area contributed by atoms with E-state index in [4.69, 9.17) is 11.6 Å². The van der Waals surface area contributed by atoms with Crippen molar-refractivity contribution in [3.63, 3.8) is 0 Å². The molecule has 1 aliphatic rings. The van der Waals surface area contributed by atoms with Crippen LogP contribution in [-0.4, -0.2) is 37.1 Å². The molecule has 1 amide bonds. The van der Waals surface area contributed by atoms with E-state index < -0.39 is 0 Å². The molecule has 0 N–H and O–H groups in total. The van der Waals surface area contributed by atoms with E-state index in [1.165, 1.54) is 17.6 Å². The lowest BCUT2D eigenvalue weighted by molar-refractivity contribution is -0.135. The Morgan fingerprint density at radius 1 is 1.21 bits per heavy atom. The van der Waals surface area contributed by atoms with Crippen LogP contribution in [0.25, 0.3) is 11.4 Å². The molecule has 6 nitrogen and oxygen atoms in total. The van der Waals surface area contributed by atoms with Gasteiger partial charge in [0.25, 0.3) is 0 Å². The van der Waals surface area contributed by atoms with Crippen molar-refractivity contribution in [3.8, 4) is 11.4 Å². The Morgan fingerprint density at radius 3 is 2.71 bits per heavy atom. The third-order valence-corrected chi connectivity index (χ3v) is 5.36. The molecule has 7 heteroatoms. The molecule has 2 aromatic carbocycles. The highest BCUT2D eigenvalue weighted by Crippen LogP contribution is 2.35. The van der Waals surface area contributed by atoms with Crippen molar-refractivity contribution in [2.45, 2.75) is 38.9 Å². The molecule has 28 heavy (non-hydrogen) atoms. The number of carbonyl (C=O) groups is 1. The molecular formula is C21H22ClN5O. The molecule has 0 saturated heterocycles. The minimum absolute atomic E-state index is 0.00158. The van der Waals surface area contributed by atoms with Crippen LogP contribution in [0.15, 0.2) is 54.6 Å². The van der Waals surface area contributed by atoms with Gasteiger partial charge in [-0.05, 0) is 48.6 Å². The number of benzene rings is 2. The Kier molecular flexibility index (Phi) is 5.39. The van der Waals surface area contributed by atoms with E-state index in [1.807, 2.05) is 47.4 Å². The monoisotopic (exact) mass is 395 g/mol. The van der Waals surface area contributed by atoms with Gasteiger partial charge in [0.2, 0.25) is 11.7 Å². The van der Waals surface area contributed by atoms with E-state index in [-0.39, 0.29) is 18.5 Å². The van der Waals surface area contributed by atoms with Crippen LogP contribution in [0.4, 0.5) is 0 Å². The molecule has 3 aromatic rings. The van der Waals surface area contributed by atoms with Crippen LogP contribution in [-0.2, 0) is 17.9 Å². The molecule has 0 radical (unpaired) electrons. The van der Waals surface area contributed by atoms with Crippen molar-refractivity contribution in [1.82, 2.24) is 25.1 Å². The summed E-state index contributed by atoms with van der Waals surface area (Å²) in [5.74, 6) is 1.04. The average Bonchev–Trinajstić information content (AvgIpc) is 3.45. The Balaban J connectivity index is 1.49. The van der Waals surface area contributed by atoms with E-state index in [0.29, 0.717) is 23.3 Å². The van der Waals surface area contributed by atoms with Gasteiger partial charge in [0.1, 0.15) is 6.54 Å². The second kappa shape index (κ2) is 8.10. The van der Waals surface area contributed by atoms with E-state index >= 15 is 0 Å². The summed E-state index contributed by atoms with van der Waals surface area (Å²) in [7, 11) is 0. The second-order valence-corrected chi connectivity index (χ2v) is 7.68. The van der Waals surface area contributed by atoms with Gasteiger partial charge in [0.05, 0.1) is 0 Å². The number of hydrogen-bond acceptors (Lipinski definition) is 4. The lowest BCUT2D eigenvalue weighted by Gasteiger charge is -2.29. The van der Waals surface area contributed by atoms with Crippen molar-refractivity contribution >= 4 is 17.5 Å². The molecule has 1 atom stereocenters. The smallest absolute Gasteiger partial charge is 0.246 e. The van der Waals surface area contributed by atoms with Crippen LogP contribution in [0.5, 0.6) is 0 Å². The second-order valence-electron chi connectivity index (χ2n) is 7.24. The molecule has 0 aliphatic heterocycles. The highest BCUT2D eigenvalue weighted by atomic mass is 35.5. The predicted molar refractivity (Wildman–Crippen MR) is 107 cm³/mol. The first kappa shape index (κ1) is 18.6. The number of amides is 1. The van der Waals surface area contributed by atoms with Gasteiger partial charge in [-0.25, -0.2) is 0 Å². The summed E-state index contributed by atoms with van der Waals surface area (Å²) >= 11 is 6.03. The topological polar surface area (TPSA) is 63.9 Å². The predicted octanol–water partition coefficient (Wildman–Crippen LogP) is 3.82. The molecule has 0 unspecified atom stereocenters. The van der Waals surface area contributed by atoms with E-state index in [9.17, 15) is 4.79 Å². The SMILES string of the molecule is C[C@H](C1CC1)N(Cc1ccccc1)C(=O)Cn1nnc(-c2cccc(Cl)c2)n1. The third-order valence-electron chi connectivity index (χ3n) is 5.12. The van der Waals surface area contributed by atoms with Gasteiger partial charge in [0.15, 0.2) is 0 Å². The molecular weight excluding hydrogens is 374 g/mol. The normalized spacial score (nSPS) is 14.6. The minimum Gasteiger partial charge on any atom is -0.334 e. The zero-order chi connectivity index (χ0) is 19.5. The Hall–Kier alpha value is -2.73. The van der Waals surface area contributed by atoms with Gasteiger partial charge in [-0.3, -0.25) is 4.79 Å². The molecule has 1 heterocycles. The van der Waals surface area contributed by atoms with E-state index in [2.05, 4.69) is 22.3 Å². The molecule has 144 valence electrons. The number of tetrazole rings is 1. The van der Waals surface area contributed by atoms with Gasteiger partial charge in [-0.15, -0.1) is 10.2 Å². The quantitative estimate of drug-likeness (QED) is 0.610. The van der Waals surface area contributed by atoms with Crippen LogP contribution in [0.2, 0.25) is 5.02 Å². The van der Waals surface area contributed by atoms with Crippen LogP contribution >= 0.6 is 11.6 Å². The Morgan fingerprint density at radius 2 is 2.00 bits per heavy atom. The van der Waals surface area contributed by atoms with Crippen molar-refractivity contribution in [2.24, 2.45) is 5.92 Å². The maximum Gasteiger partial charge on any atom is 0.246 e. The first-order valence-electron chi connectivity index (χ1n) is 9.47. The van der Waals surface area contributed by atoms with Gasteiger partial charge in [-0.1, -0.05) is 54.1 Å². The summed E-state index contributed by atoms with van der Waals surface area (Å²) in [6.07, 6.45) is 2.36. The fourth-order valence-electron chi connectivity index (χ4n) is 3.34. The summed E-state index contributed by atoms with van der Waals surface area (Å²) < 4.78 is 0. The van der Waals surface area contributed by atoms with Crippen molar-refractivity contribution in [3.05, 3.63) is 65.2 Å². The maximum absolute atomic E-state index is 13.1. The number of halogens is 1. The van der Waals surface area contributed by atoms with E-state index in [1.54, 1.807) is 12.1 Å². The van der Waals surface area contributed by atoms with Crippen LogP contribution in [0.3, 0.4) is 0 Å². The molecule has 4 rings (SSSR count). The summed E-state index contributed by atoms with van der Waals surface area (Å²) in [5.41, 5.74) is 1.90. The lowest BCUT2D eigenvalue weighted by Crippen LogP contribution is -2.41. The number of carbonyl (C=O) groups excluding carboxylic acids is 1. The summed E-state index contributed by atoms with van der Waals surface area (Å²) in [6.45, 7) is 2.79. The number of nitrogens with zero attached hydrogens (tertiary/aromatic N) is 5. The summed E-state index contributed by atoms with van der Waals surface area (Å²) in [4.78, 5) is 16.4. The molecule has 1 aromatic heterocycles. The summed E-state index contributed by atoms with van der Waals surface area (Å²) in [5, 5.41) is 13.1. The lowest BCUT2D eigenvalue weighted by atomic mass is 10.1. The number of rotatable bonds is 7. The maximum atomic E-state index is 13.1. The fourth-order valence-corrected chi connectivity index (χ4v) is 3.53. The average molecular weight is 396 g/mol. The molecule has 0 spiro atoms. The molecule has 1 fully saturated rings. The van der Waals surface area contributed by atoms with Crippen LogP contribution in [0.1, 0.15) is 25.3 Å². The largest absolute Gasteiger partial charge is 0.334 e. The number of hydrogen-bond donors (Lipinski definition) is 0. The van der Waals surface area contributed by atoms with Crippen LogP contribution < -0.4 is 0 Å². The molecule has 0 bridgehead atoms. The van der Waals surface area contributed by atoms with Gasteiger partial charge in [-0.2, -0.15) is 4.80 Å². The Bertz CT molecular complexity index is 954.